The molecule has 1 aliphatic carbocycles. The lowest BCUT2D eigenvalue weighted by Gasteiger charge is -2.26. The highest BCUT2D eigenvalue weighted by Crippen LogP contribution is 2.53. The Labute approximate surface area is 103 Å². The molecule has 1 aromatic rings. The van der Waals surface area contributed by atoms with Crippen LogP contribution in [0, 0.1) is 5.41 Å². The van der Waals surface area contributed by atoms with Gasteiger partial charge >= 0.3 is 0 Å². The van der Waals surface area contributed by atoms with E-state index in [1.165, 1.54) is 18.4 Å². The van der Waals surface area contributed by atoms with Crippen LogP contribution in [0.5, 0.6) is 5.75 Å². The van der Waals surface area contributed by atoms with Gasteiger partial charge in [-0.1, -0.05) is 12.1 Å². The molecule has 0 radical (unpaired) electrons. The second kappa shape index (κ2) is 5.07. The van der Waals surface area contributed by atoms with Gasteiger partial charge in [-0.25, -0.2) is 0 Å². The Hall–Kier alpha value is -1.06. The first-order valence-electron chi connectivity index (χ1n) is 6.36. The lowest BCUT2D eigenvalue weighted by atomic mass is 9.90. The largest absolute Gasteiger partial charge is 0.494 e. The zero-order chi connectivity index (χ0) is 12.3. The van der Waals surface area contributed by atoms with Crippen molar-refractivity contribution in [1.82, 2.24) is 5.32 Å². The highest BCUT2D eigenvalue weighted by molar-refractivity contribution is 5.31. The molecule has 0 bridgehead atoms. The van der Waals surface area contributed by atoms with Crippen molar-refractivity contribution in [3.63, 3.8) is 0 Å². The van der Waals surface area contributed by atoms with Crippen molar-refractivity contribution in [2.45, 2.75) is 25.8 Å². The van der Waals surface area contributed by atoms with Gasteiger partial charge in [0.2, 0.25) is 0 Å². The number of nitrogens with one attached hydrogen (secondary N) is 1. The summed E-state index contributed by atoms with van der Waals surface area (Å²) in [7, 11) is 2.01. The molecule has 2 rings (SSSR count). The molecule has 17 heavy (non-hydrogen) atoms. The third kappa shape index (κ3) is 2.45. The Balaban J connectivity index is 2.14. The van der Waals surface area contributed by atoms with Crippen LogP contribution in [0.25, 0.3) is 0 Å². The van der Waals surface area contributed by atoms with Gasteiger partial charge in [0.25, 0.3) is 0 Å². The van der Waals surface area contributed by atoms with E-state index in [0.717, 1.165) is 12.3 Å². The summed E-state index contributed by atoms with van der Waals surface area (Å²) in [6.45, 7) is 3.46. The number of ether oxygens (including phenoxy) is 1. The Kier molecular flexibility index (Phi) is 3.69. The summed E-state index contributed by atoms with van der Waals surface area (Å²) in [5.41, 5.74) is 7.48. The van der Waals surface area contributed by atoms with E-state index in [9.17, 15) is 0 Å². The number of rotatable bonds is 6. The molecule has 94 valence electrons. The maximum absolute atomic E-state index is 5.90. The van der Waals surface area contributed by atoms with Gasteiger partial charge in [0.1, 0.15) is 5.75 Å². The van der Waals surface area contributed by atoms with E-state index in [2.05, 4.69) is 17.4 Å². The van der Waals surface area contributed by atoms with E-state index in [1.54, 1.807) is 0 Å². The van der Waals surface area contributed by atoms with Crippen molar-refractivity contribution in [3.05, 3.63) is 29.8 Å². The van der Waals surface area contributed by atoms with Crippen LogP contribution >= 0.6 is 0 Å². The quantitative estimate of drug-likeness (QED) is 0.792. The molecule has 1 unspecified atom stereocenters. The van der Waals surface area contributed by atoms with Gasteiger partial charge in [0.15, 0.2) is 0 Å². The predicted molar refractivity (Wildman–Crippen MR) is 70.1 cm³/mol. The molecular weight excluding hydrogens is 212 g/mol. The summed E-state index contributed by atoms with van der Waals surface area (Å²) in [4.78, 5) is 0. The zero-order valence-corrected chi connectivity index (χ0v) is 10.7. The van der Waals surface area contributed by atoms with Crippen LogP contribution in [0.15, 0.2) is 24.3 Å². The second-order valence-electron chi connectivity index (χ2n) is 4.79. The fourth-order valence-electron chi connectivity index (χ4n) is 2.52. The molecule has 0 amide bonds. The normalized spacial score (nSPS) is 18.8. The van der Waals surface area contributed by atoms with Crippen LogP contribution in [0.3, 0.4) is 0 Å². The molecule has 0 heterocycles. The van der Waals surface area contributed by atoms with Gasteiger partial charge in [0.05, 0.1) is 6.61 Å². The molecule has 1 fully saturated rings. The average Bonchev–Trinajstić information content (AvgIpc) is 3.14. The Morgan fingerprint density at radius 1 is 1.35 bits per heavy atom. The van der Waals surface area contributed by atoms with Crippen molar-refractivity contribution >= 4 is 0 Å². The minimum atomic E-state index is 0.280. The van der Waals surface area contributed by atoms with E-state index in [1.807, 2.05) is 26.1 Å². The minimum absolute atomic E-state index is 0.280. The van der Waals surface area contributed by atoms with Crippen molar-refractivity contribution in [3.8, 4) is 5.75 Å². The summed E-state index contributed by atoms with van der Waals surface area (Å²) in [6, 6.07) is 8.72. The van der Waals surface area contributed by atoms with Gasteiger partial charge in [-0.05, 0) is 51.1 Å². The third-order valence-electron chi connectivity index (χ3n) is 3.72. The minimum Gasteiger partial charge on any atom is -0.494 e. The molecule has 3 N–H and O–H groups in total. The van der Waals surface area contributed by atoms with Gasteiger partial charge in [-0.2, -0.15) is 0 Å². The predicted octanol–water partition coefficient (Wildman–Crippen LogP) is 2.08. The first-order valence-corrected chi connectivity index (χ1v) is 6.36. The maximum Gasteiger partial charge on any atom is 0.119 e. The molecule has 0 spiro atoms. The van der Waals surface area contributed by atoms with E-state index in [-0.39, 0.29) is 5.41 Å². The van der Waals surface area contributed by atoms with Crippen LogP contribution in [0.2, 0.25) is 0 Å². The molecule has 0 aliphatic heterocycles. The van der Waals surface area contributed by atoms with Gasteiger partial charge in [-0.15, -0.1) is 0 Å². The molecule has 1 aliphatic rings. The fourth-order valence-corrected chi connectivity index (χ4v) is 2.52. The van der Waals surface area contributed by atoms with Crippen molar-refractivity contribution in [2.75, 3.05) is 20.2 Å². The van der Waals surface area contributed by atoms with Crippen LogP contribution in [0.1, 0.15) is 31.4 Å². The van der Waals surface area contributed by atoms with Gasteiger partial charge in [-0.3, -0.25) is 0 Å². The lowest BCUT2D eigenvalue weighted by molar-refractivity contribution is 0.338. The van der Waals surface area contributed by atoms with Crippen LogP contribution in [-0.2, 0) is 0 Å². The molecule has 1 atom stereocenters. The highest BCUT2D eigenvalue weighted by Gasteiger charge is 2.48. The van der Waals surface area contributed by atoms with E-state index in [0.29, 0.717) is 12.6 Å². The van der Waals surface area contributed by atoms with E-state index < -0.39 is 0 Å². The van der Waals surface area contributed by atoms with E-state index >= 15 is 0 Å². The Morgan fingerprint density at radius 2 is 2.00 bits per heavy atom. The van der Waals surface area contributed by atoms with Crippen LogP contribution < -0.4 is 15.8 Å². The first-order chi connectivity index (χ1) is 8.25. The molecule has 0 aromatic heterocycles. The standard InChI is InChI=1S/C14H22N2O/c1-3-17-12-6-4-11(5-7-12)13(16-2)14(10-15)8-9-14/h4-7,13,16H,3,8-10,15H2,1-2H3. The molecule has 1 saturated carbocycles. The zero-order valence-electron chi connectivity index (χ0n) is 10.7. The van der Waals surface area contributed by atoms with Crippen molar-refractivity contribution in [1.29, 1.82) is 0 Å². The molecule has 3 nitrogen and oxygen atoms in total. The topological polar surface area (TPSA) is 47.3 Å². The summed E-state index contributed by atoms with van der Waals surface area (Å²) in [5.74, 6) is 0.934. The summed E-state index contributed by atoms with van der Waals surface area (Å²) < 4.78 is 5.46. The van der Waals surface area contributed by atoms with E-state index in [4.69, 9.17) is 10.5 Å². The Bertz CT molecular complexity index is 357. The second-order valence-corrected chi connectivity index (χ2v) is 4.79. The van der Waals surface area contributed by atoms with Crippen molar-refractivity contribution in [2.24, 2.45) is 11.1 Å². The summed E-state index contributed by atoms with van der Waals surface area (Å²) >= 11 is 0. The lowest BCUT2D eigenvalue weighted by Crippen LogP contribution is -2.32. The van der Waals surface area contributed by atoms with Crippen molar-refractivity contribution < 1.29 is 4.74 Å². The number of hydrogen-bond donors (Lipinski definition) is 2. The van der Waals surface area contributed by atoms with Gasteiger partial charge in [0, 0.05) is 11.5 Å². The molecule has 1 aromatic carbocycles. The highest BCUT2D eigenvalue weighted by atomic mass is 16.5. The molecular formula is C14H22N2O. The van der Waals surface area contributed by atoms with Crippen LogP contribution in [-0.4, -0.2) is 20.2 Å². The maximum atomic E-state index is 5.90. The smallest absolute Gasteiger partial charge is 0.119 e. The number of benzene rings is 1. The SMILES string of the molecule is CCOc1ccc(C(NC)C2(CN)CC2)cc1. The third-order valence-corrected chi connectivity index (χ3v) is 3.72. The summed E-state index contributed by atoms with van der Waals surface area (Å²) in [6.07, 6.45) is 2.45. The van der Waals surface area contributed by atoms with Crippen LogP contribution in [0.4, 0.5) is 0 Å². The van der Waals surface area contributed by atoms with Gasteiger partial charge < -0.3 is 15.8 Å². The molecule has 0 saturated heterocycles. The monoisotopic (exact) mass is 234 g/mol. The molecule has 3 heteroatoms. The Morgan fingerprint density at radius 3 is 2.41 bits per heavy atom. The first kappa shape index (κ1) is 12.4. The number of nitrogens with two attached hydrogens (primary N) is 1. The fraction of sp³-hybridized carbons (Fsp3) is 0.571. The average molecular weight is 234 g/mol. The summed E-state index contributed by atoms with van der Waals surface area (Å²) in [5, 5.41) is 3.40. The number of hydrogen-bond acceptors (Lipinski definition) is 3.